The van der Waals surface area contributed by atoms with Gasteiger partial charge in [0.2, 0.25) is 0 Å². The molecule has 0 radical (unpaired) electrons. The van der Waals surface area contributed by atoms with Crippen molar-refractivity contribution in [3.8, 4) is 0 Å². The fourth-order valence-electron chi connectivity index (χ4n) is 2.38. The summed E-state index contributed by atoms with van der Waals surface area (Å²) in [6, 6.07) is 0.646. The van der Waals surface area contributed by atoms with Gasteiger partial charge >= 0.3 is 0 Å². The monoisotopic (exact) mass is 321 g/mol. The van der Waals surface area contributed by atoms with Crippen LogP contribution in [0.5, 0.6) is 0 Å². The molecule has 2 bridgehead atoms. The normalized spacial score (nSPS) is 51.0. The summed E-state index contributed by atoms with van der Waals surface area (Å²) in [5.74, 6) is 1.54. The topological polar surface area (TPSA) is 52.0 Å². The second kappa shape index (κ2) is 2.92. The first-order valence-electron chi connectivity index (χ1n) is 3.80. The quantitative estimate of drug-likeness (QED) is 0.663. The SMILES string of the molecule is NC1C(N)[C@H]2CC[C@@H]1C2.[Pt]. The van der Waals surface area contributed by atoms with Gasteiger partial charge in [-0.1, -0.05) is 0 Å². The van der Waals surface area contributed by atoms with Crippen molar-refractivity contribution in [2.45, 2.75) is 31.3 Å². The first-order valence-corrected chi connectivity index (χ1v) is 3.80. The molecule has 0 spiro atoms. The van der Waals surface area contributed by atoms with Crippen LogP contribution in [0, 0.1) is 11.8 Å². The summed E-state index contributed by atoms with van der Waals surface area (Å²) >= 11 is 0. The van der Waals surface area contributed by atoms with Gasteiger partial charge in [0.15, 0.2) is 0 Å². The molecule has 4 N–H and O–H groups in total. The van der Waals surface area contributed by atoms with E-state index in [9.17, 15) is 0 Å². The maximum atomic E-state index is 5.84. The molecule has 0 heterocycles. The van der Waals surface area contributed by atoms with Gasteiger partial charge in [-0.25, -0.2) is 0 Å². The fraction of sp³-hybridized carbons (Fsp3) is 1.00. The van der Waals surface area contributed by atoms with Crippen molar-refractivity contribution < 1.29 is 21.1 Å². The minimum atomic E-state index is 0. The summed E-state index contributed by atoms with van der Waals surface area (Å²) in [7, 11) is 0. The van der Waals surface area contributed by atoms with E-state index in [0.29, 0.717) is 12.1 Å². The van der Waals surface area contributed by atoms with E-state index in [1.807, 2.05) is 0 Å². The third-order valence-electron chi connectivity index (χ3n) is 3.05. The van der Waals surface area contributed by atoms with Gasteiger partial charge in [-0.3, -0.25) is 0 Å². The molecule has 2 unspecified atom stereocenters. The van der Waals surface area contributed by atoms with Gasteiger partial charge in [-0.15, -0.1) is 0 Å². The molecule has 0 saturated heterocycles. The van der Waals surface area contributed by atoms with Gasteiger partial charge in [0.05, 0.1) is 0 Å². The van der Waals surface area contributed by atoms with E-state index >= 15 is 0 Å². The van der Waals surface area contributed by atoms with Crippen LogP contribution in [-0.2, 0) is 21.1 Å². The van der Waals surface area contributed by atoms with Crippen LogP contribution in [0.3, 0.4) is 0 Å². The van der Waals surface area contributed by atoms with Gasteiger partial charge in [0, 0.05) is 33.1 Å². The molecule has 4 atom stereocenters. The minimum absolute atomic E-state index is 0. The minimum Gasteiger partial charge on any atom is -0.326 e. The zero-order chi connectivity index (χ0) is 6.43. The average molecular weight is 321 g/mol. The Balaban J connectivity index is 0.000000500. The van der Waals surface area contributed by atoms with Crippen molar-refractivity contribution in [2.24, 2.45) is 23.3 Å². The summed E-state index contributed by atoms with van der Waals surface area (Å²) in [6.07, 6.45) is 3.97. The van der Waals surface area contributed by atoms with Crippen molar-refractivity contribution in [3.63, 3.8) is 0 Å². The van der Waals surface area contributed by atoms with Crippen LogP contribution in [0.4, 0.5) is 0 Å². The van der Waals surface area contributed by atoms with Crippen LogP contribution in [0.25, 0.3) is 0 Å². The maximum absolute atomic E-state index is 5.84. The predicted molar refractivity (Wildman–Crippen MR) is 36.8 cm³/mol. The van der Waals surface area contributed by atoms with Gasteiger partial charge in [0.1, 0.15) is 0 Å². The second-order valence-corrected chi connectivity index (χ2v) is 3.49. The number of hydrogen-bond acceptors (Lipinski definition) is 2. The second-order valence-electron chi connectivity index (χ2n) is 3.49. The molecule has 2 aliphatic rings. The van der Waals surface area contributed by atoms with Gasteiger partial charge in [-0.2, -0.15) is 0 Å². The largest absolute Gasteiger partial charge is 0.326 e. The van der Waals surface area contributed by atoms with Crippen LogP contribution >= 0.6 is 0 Å². The Kier molecular flexibility index (Phi) is 2.54. The Morgan fingerprint density at radius 2 is 1.30 bits per heavy atom. The maximum Gasteiger partial charge on any atom is 0.0223 e. The molecule has 2 saturated carbocycles. The van der Waals surface area contributed by atoms with Crippen molar-refractivity contribution in [1.82, 2.24) is 0 Å². The molecule has 2 nitrogen and oxygen atoms in total. The molecule has 0 aromatic rings. The zero-order valence-electron chi connectivity index (χ0n) is 5.90. The molecule has 62 valence electrons. The van der Waals surface area contributed by atoms with Gasteiger partial charge in [0.25, 0.3) is 0 Å². The Morgan fingerprint density at radius 3 is 1.50 bits per heavy atom. The summed E-state index contributed by atoms with van der Waals surface area (Å²) in [5, 5.41) is 0. The number of hydrogen-bond donors (Lipinski definition) is 2. The van der Waals surface area contributed by atoms with Gasteiger partial charge < -0.3 is 11.5 Å². The van der Waals surface area contributed by atoms with Crippen LogP contribution in [0.2, 0.25) is 0 Å². The smallest absolute Gasteiger partial charge is 0.0223 e. The summed E-state index contributed by atoms with van der Waals surface area (Å²) < 4.78 is 0. The third kappa shape index (κ3) is 1.07. The third-order valence-corrected chi connectivity index (χ3v) is 3.05. The molecule has 0 aromatic heterocycles. The van der Waals surface area contributed by atoms with Crippen LogP contribution < -0.4 is 11.5 Å². The Bertz CT molecular complexity index is 111. The standard InChI is InChI=1S/C7H14N2.Pt/c8-6-4-1-2-5(3-4)7(6)9;/h4-7H,1-3,8-9H2;/t4-,5+,6?,7?;. The molecule has 2 rings (SSSR count). The number of rotatable bonds is 0. The van der Waals surface area contributed by atoms with E-state index < -0.39 is 0 Å². The molecular formula is C7H14N2Pt. The molecule has 0 aromatic carbocycles. The van der Waals surface area contributed by atoms with Crippen molar-refractivity contribution in [3.05, 3.63) is 0 Å². The molecule has 0 aliphatic heterocycles. The van der Waals surface area contributed by atoms with E-state index in [1.165, 1.54) is 19.3 Å². The van der Waals surface area contributed by atoms with Crippen LogP contribution in [0.1, 0.15) is 19.3 Å². The van der Waals surface area contributed by atoms with E-state index in [1.54, 1.807) is 0 Å². The summed E-state index contributed by atoms with van der Waals surface area (Å²) in [5.41, 5.74) is 11.7. The molecule has 10 heavy (non-hydrogen) atoms. The zero-order valence-corrected chi connectivity index (χ0v) is 8.17. The van der Waals surface area contributed by atoms with Crippen LogP contribution in [0.15, 0.2) is 0 Å². The molecule has 2 aliphatic carbocycles. The van der Waals surface area contributed by atoms with Crippen molar-refractivity contribution in [2.75, 3.05) is 0 Å². The number of nitrogens with two attached hydrogens (primary N) is 2. The van der Waals surface area contributed by atoms with Crippen LogP contribution in [-0.4, -0.2) is 12.1 Å². The first kappa shape index (κ1) is 8.70. The fourth-order valence-corrected chi connectivity index (χ4v) is 2.38. The van der Waals surface area contributed by atoms with Crippen molar-refractivity contribution in [1.29, 1.82) is 0 Å². The first-order chi connectivity index (χ1) is 4.29. The summed E-state index contributed by atoms with van der Waals surface area (Å²) in [4.78, 5) is 0. The van der Waals surface area contributed by atoms with E-state index in [0.717, 1.165) is 11.8 Å². The molecule has 3 heteroatoms. The average Bonchev–Trinajstić information content (AvgIpc) is 2.37. The Labute approximate surface area is 76.0 Å². The Hall–Kier alpha value is 0.608. The van der Waals surface area contributed by atoms with Crippen molar-refractivity contribution >= 4 is 0 Å². The van der Waals surface area contributed by atoms with E-state index in [4.69, 9.17) is 11.5 Å². The number of fused-ring (bicyclic) bond motifs is 2. The summed E-state index contributed by atoms with van der Waals surface area (Å²) in [6.45, 7) is 0. The van der Waals surface area contributed by atoms with E-state index in [-0.39, 0.29) is 21.1 Å². The molecule has 0 amide bonds. The molecular weight excluding hydrogens is 307 g/mol. The van der Waals surface area contributed by atoms with E-state index in [2.05, 4.69) is 0 Å². The van der Waals surface area contributed by atoms with Gasteiger partial charge in [-0.05, 0) is 31.1 Å². The Morgan fingerprint density at radius 1 is 0.900 bits per heavy atom. The predicted octanol–water partition coefficient (Wildman–Crippen LogP) is 0.0684. The molecule has 2 fully saturated rings.